The van der Waals surface area contributed by atoms with Crippen molar-refractivity contribution < 1.29 is 4.79 Å². The second kappa shape index (κ2) is 8.13. The van der Waals surface area contributed by atoms with Crippen LogP contribution < -0.4 is 5.32 Å². The van der Waals surface area contributed by atoms with Crippen molar-refractivity contribution in [2.75, 3.05) is 5.32 Å². The molecular weight excluding hydrogens is 324 g/mol. The molecule has 0 atom stereocenters. The monoisotopic (exact) mass is 350 g/mol. The minimum absolute atomic E-state index is 0.167. The summed E-state index contributed by atoms with van der Waals surface area (Å²) in [6, 6.07) is 4.18. The Balaban J connectivity index is 1.77. The Morgan fingerprint density at radius 2 is 2.04 bits per heavy atom. The highest BCUT2D eigenvalue weighted by atomic mass is 16.1. The second-order valence-electron chi connectivity index (χ2n) is 6.83. The normalized spacial score (nSPS) is 15.3. The summed E-state index contributed by atoms with van der Waals surface area (Å²) in [6.45, 7) is 7.63. The molecule has 1 amide bonds. The third-order valence-electron chi connectivity index (χ3n) is 4.98. The maximum atomic E-state index is 12.7. The van der Waals surface area contributed by atoms with Crippen LogP contribution in [0.3, 0.4) is 0 Å². The summed E-state index contributed by atoms with van der Waals surface area (Å²) in [7, 11) is 0. The molecule has 136 valence electrons. The lowest BCUT2D eigenvalue weighted by Gasteiger charge is -2.23. The summed E-state index contributed by atoms with van der Waals surface area (Å²) in [6.07, 6.45) is 13.1. The van der Waals surface area contributed by atoms with E-state index in [1.54, 1.807) is 12.3 Å². The standard InChI is InChI=1S/C21H26N4O/c1-4-5-11-19-15(2)12-13-20(23-19)24-21(26)18-14-22-25(16(18)3)17-9-7-6-8-10-17/h4-5,11-14,17H,1,6-10H2,2-3H3,(H,23,24,26)/b11-5-. The number of aromatic nitrogens is 3. The van der Waals surface area contributed by atoms with Gasteiger partial charge in [-0.25, -0.2) is 4.98 Å². The van der Waals surface area contributed by atoms with Gasteiger partial charge in [-0.1, -0.05) is 44.1 Å². The van der Waals surface area contributed by atoms with E-state index in [-0.39, 0.29) is 5.91 Å². The molecule has 0 aromatic carbocycles. The van der Waals surface area contributed by atoms with E-state index in [0.717, 1.165) is 29.8 Å². The van der Waals surface area contributed by atoms with Gasteiger partial charge in [0.2, 0.25) is 0 Å². The quantitative estimate of drug-likeness (QED) is 0.784. The van der Waals surface area contributed by atoms with Crippen molar-refractivity contribution in [2.45, 2.75) is 52.0 Å². The Kier molecular flexibility index (Phi) is 5.66. The molecule has 2 heterocycles. The Labute approximate surface area is 154 Å². The van der Waals surface area contributed by atoms with Crippen LogP contribution in [0.5, 0.6) is 0 Å². The number of carbonyl (C=O) groups excluding carboxylic acids is 1. The highest BCUT2D eigenvalue weighted by molar-refractivity contribution is 6.04. The SMILES string of the molecule is C=C/C=C\c1nc(NC(=O)c2cnn(C3CCCCC3)c2C)ccc1C. The largest absolute Gasteiger partial charge is 0.306 e. The molecule has 26 heavy (non-hydrogen) atoms. The number of hydrogen-bond acceptors (Lipinski definition) is 3. The third kappa shape index (κ3) is 3.93. The average Bonchev–Trinajstić information content (AvgIpc) is 3.04. The van der Waals surface area contributed by atoms with Crippen LogP contribution in [0.15, 0.2) is 37.1 Å². The molecular formula is C21H26N4O. The molecule has 5 nitrogen and oxygen atoms in total. The number of rotatable bonds is 5. The number of anilines is 1. The Hall–Kier alpha value is -2.69. The minimum atomic E-state index is -0.167. The molecule has 1 saturated carbocycles. The maximum absolute atomic E-state index is 12.7. The zero-order chi connectivity index (χ0) is 18.5. The summed E-state index contributed by atoms with van der Waals surface area (Å²) < 4.78 is 2.02. The Morgan fingerprint density at radius 3 is 2.77 bits per heavy atom. The van der Waals surface area contributed by atoms with Crippen molar-refractivity contribution in [3.63, 3.8) is 0 Å². The first-order valence-electron chi connectivity index (χ1n) is 9.22. The minimum Gasteiger partial charge on any atom is -0.306 e. The summed E-state index contributed by atoms with van der Waals surface area (Å²) in [5, 5.41) is 7.38. The van der Waals surface area contributed by atoms with Gasteiger partial charge in [0.1, 0.15) is 5.82 Å². The zero-order valence-corrected chi connectivity index (χ0v) is 15.5. The molecule has 1 aliphatic carbocycles. The van der Waals surface area contributed by atoms with Crippen molar-refractivity contribution in [1.82, 2.24) is 14.8 Å². The second-order valence-corrected chi connectivity index (χ2v) is 6.83. The molecule has 0 bridgehead atoms. The molecule has 0 unspecified atom stereocenters. The molecule has 1 fully saturated rings. The van der Waals surface area contributed by atoms with Crippen molar-refractivity contribution >= 4 is 17.8 Å². The van der Waals surface area contributed by atoms with E-state index in [1.807, 2.05) is 42.8 Å². The molecule has 1 N–H and O–H groups in total. The fraction of sp³-hybridized carbons (Fsp3) is 0.381. The average molecular weight is 350 g/mol. The van der Waals surface area contributed by atoms with Crippen LogP contribution in [-0.2, 0) is 0 Å². The molecule has 1 aliphatic rings. The van der Waals surface area contributed by atoms with Crippen LogP contribution in [0.4, 0.5) is 5.82 Å². The van der Waals surface area contributed by atoms with Crippen LogP contribution >= 0.6 is 0 Å². The number of aryl methyl sites for hydroxylation is 1. The van der Waals surface area contributed by atoms with E-state index in [4.69, 9.17) is 0 Å². The molecule has 0 radical (unpaired) electrons. The van der Waals surface area contributed by atoms with E-state index in [0.29, 0.717) is 17.4 Å². The number of carbonyl (C=O) groups is 1. The molecule has 3 rings (SSSR count). The van der Waals surface area contributed by atoms with Gasteiger partial charge in [0.05, 0.1) is 23.5 Å². The lowest BCUT2D eigenvalue weighted by Crippen LogP contribution is -2.17. The molecule has 0 saturated heterocycles. The van der Waals surface area contributed by atoms with E-state index in [2.05, 4.69) is 22.0 Å². The smallest absolute Gasteiger partial charge is 0.260 e. The van der Waals surface area contributed by atoms with Crippen LogP contribution in [0.25, 0.3) is 6.08 Å². The lowest BCUT2D eigenvalue weighted by atomic mass is 9.95. The lowest BCUT2D eigenvalue weighted by molar-refractivity contribution is 0.102. The van der Waals surface area contributed by atoms with Gasteiger partial charge in [-0.05, 0) is 44.4 Å². The summed E-state index contributed by atoms with van der Waals surface area (Å²) in [5.74, 6) is 0.369. The number of nitrogens with zero attached hydrogens (tertiary/aromatic N) is 3. The first kappa shape index (κ1) is 18.1. The fourth-order valence-electron chi connectivity index (χ4n) is 3.47. The first-order chi connectivity index (χ1) is 12.6. The molecule has 5 heteroatoms. The zero-order valence-electron chi connectivity index (χ0n) is 15.5. The summed E-state index contributed by atoms with van der Waals surface area (Å²) >= 11 is 0. The van der Waals surface area contributed by atoms with E-state index < -0.39 is 0 Å². The highest BCUT2D eigenvalue weighted by Crippen LogP contribution is 2.29. The number of nitrogens with one attached hydrogen (secondary N) is 1. The molecule has 0 spiro atoms. The predicted octanol–water partition coefficient (Wildman–Crippen LogP) is 4.85. The predicted molar refractivity (Wildman–Crippen MR) is 105 cm³/mol. The van der Waals surface area contributed by atoms with E-state index in [1.165, 1.54) is 19.3 Å². The van der Waals surface area contributed by atoms with Gasteiger partial charge in [-0.3, -0.25) is 9.48 Å². The Bertz CT molecular complexity index is 829. The van der Waals surface area contributed by atoms with Gasteiger partial charge in [0, 0.05) is 5.69 Å². The third-order valence-corrected chi connectivity index (χ3v) is 4.98. The van der Waals surface area contributed by atoms with Crippen LogP contribution in [0.1, 0.15) is 65.5 Å². The number of hydrogen-bond donors (Lipinski definition) is 1. The number of amides is 1. The van der Waals surface area contributed by atoms with Crippen molar-refractivity contribution in [1.29, 1.82) is 0 Å². The molecule has 0 aliphatic heterocycles. The molecule has 2 aromatic rings. The van der Waals surface area contributed by atoms with Crippen molar-refractivity contribution in [3.8, 4) is 0 Å². The van der Waals surface area contributed by atoms with E-state index >= 15 is 0 Å². The topological polar surface area (TPSA) is 59.8 Å². The highest BCUT2D eigenvalue weighted by Gasteiger charge is 2.21. The van der Waals surface area contributed by atoms with Crippen molar-refractivity contribution in [3.05, 3.63) is 59.6 Å². The van der Waals surface area contributed by atoms with Crippen LogP contribution in [0, 0.1) is 13.8 Å². The summed E-state index contributed by atoms with van der Waals surface area (Å²) in [4.78, 5) is 17.2. The summed E-state index contributed by atoms with van der Waals surface area (Å²) in [5.41, 5.74) is 3.40. The maximum Gasteiger partial charge on any atom is 0.260 e. The first-order valence-corrected chi connectivity index (χ1v) is 9.22. The van der Waals surface area contributed by atoms with Crippen LogP contribution in [-0.4, -0.2) is 20.7 Å². The van der Waals surface area contributed by atoms with E-state index in [9.17, 15) is 4.79 Å². The molecule has 2 aromatic heterocycles. The Morgan fingerprint density at radius 1 is 1.27 bits per heavy atom. The van der Waals surface area contributed by atoms with Gasteiger partial charge in [0.25, 0.3) is 5.91 Å². The fourth-order valence-corrected chi connectivity index (χ4v) is 3.47. The number of allylic oxidation sites excluding steroid dienone is 2. The van der Waals surface area contributed by atoms with Crippen LogP contribution in [0.2, 0.25) is 0 Å². The number of pyridine rings is 1. The van der Waals surface area contributed by atoms with Gasteiger partial charge in [-0.15, -0.1) is 0 Å². The van der Waals surface area contributed by atoms with Crippen molar-refractivity contribution in [2.24, 2.45) is 0 Å². The van der Waals surface area contributed by atoms with Gasteiger partial charge in [-0.2, -0.15) is 5.10 Å². The van der Waals surface area contributed by atoms with Gasteiger partial charge >= 0.3 is 0 Å². The van der Waals surface area contributed by atoms with Gasteiger partial charge in [0.15, 0.2) is 0 Å². The van der Waals surface area contributed by atoms with Gasteiger partial charge < -0.3 is 5.32 Å².